The van der Waals surface area contributed by atoms with Crippen LogP contribution in [-0.2, 0) is 12.8 Å². The molecule has 12 heavy (non-hydrogen) atoms. The summed E-state index contributed by atoms with van der Waals surface area (Å²) in [5, 5.41) is 8.84. The van der Waals surface area contributed by atoms with Crippen molar-refractivity contribution in [3.63, 3.8) is 0 Å². The fraction of sp³-hybridized carbons (Fsp3) is 0.400. The van der Waals surface area contributed by atoms with Gasteiger partial charge >= 0.3 is 0 Å². The van der Waals surface area contributed by atoms with Gasteiger partial charge in [-0.1, -0.05) is 12.1 Å². The largest absolute Gasteiger partial charge is 0.291 e. The van der Waals surface area contributed by atoms with Crippen molar-refractivity contribution in [3.8, 4) is 0 Å². The lowest BCUT2D eigenvalue weighted by atomic mass is 9.91. The van der Waals surface area contributed by atoms with Crippen molar-refractivity contribution >= 4 is 5.69 Å². The van der Waals surface area contributed by atoms with E-state index >= 15 is 0 Å². The summed E-state index contributed by atoms with van der Waals surface area (Å²) < 4.78 is 0. The number of fused-ring (bicyclic) bond motifs is 1. The summed E-state index contributed by atoms with van der Waals surface area (Å²) in [5.74, 6) is 0. The maximum absolute atomic E-state index is 8.84. The highest BCUT2D eigenvalue weighted by Gasteiger charge is 2.11. The van der Waals surface area contributed by atoms with Crippen LogP contribution in [0.2, 0.25) is 0 Å². The first-order valence-electron chi connectivity index (χ1n) is 4.42. The summed E-state index contributed by atoms with van der Waals surface area (Å²) >= 11 is 0. The molecule has 2 heteroatoms. The van der Waals surface area contributed by atoms with Crippen LogP contribution in [0.5, 0.6) is 0 Å². The summed E-state index contributed by atoms with van der Waals surface area (Å²) in [4.78, 5) is 0. The van der Waals surface area contributed by atoms with E-state index < -0.39 is 0 Å². The molecule has 1 aliphatic carbocycles. The van der Waals surface area contributed by atoms with Crippen LogP contribution in [-0.4, -0.2) is 5.21 Å². The topological polar surface area (TPSA) is 32.3 Å². The fourth-order valence-corrected chi connectivity index (χ4v) is 1.89. The van der Waals surface area contributed by atoms with E-state index in [2.05, 4.69) is 11.5 Å². The highest BCUT2D eigenvalue weighted by molar-refractivity contribution is 5.54. The van der Waals surface area contributed by atoms with Gasteiger partial charge in [-0.25, -0.2) is 0 Å². The smallest absolute Gasteiger partial charge is 0.0636 e. The molecule has 0 heterocycles. The van der Waals surface area contributed by atoms with Gasteiger partial charge in [0.05, 0.1) is 5.69 Å². The van der Waals surface area contributed by atoms with E-state index in [4.69, 9.17) is 5.21 Å². The predicted octanol–water partition coefficient (Wildman–Crippen LogP) is 2.37. The molecular weight excluding hydrogens is 150 g/mol. The third kappa shape index (κ3) is 1.18. The van der Waals surface area contributed by atoms with Crippen molar-refractivity contribution in [2.45, 2.75) is 25.7 Å². The van der Waals surface area contributed by atoms with Crippen molar-refractivity contribution in [1.29, 1.82) is 0 Å². The van der Waals surface area contributed by atoms with E-state index in [1.165, 1.54) is 24.0 Å². The Labute approximate surface area is 72.2 Å². The van der Waals surface area contributed by atoms with Crippen molar-refractivity contribution in [1.82, 2.24) is 0 Å². The molecule has 0 bridgehead atoms. The van der Waals surface area contributed by atoms with Crippen LogP contribution in [0.3, 0.4) is 0 Å². The maximum atomic E-state index is 8.84. The first kappa shape index (κ1) is 7.62. The number of nitrogens with one attached hydrogen (secondary N) is 1. The van der Waals surface area contributed by atoms with Gasteiger partial charge in [-0.3, -0.25) is 10.7 Å². The van der Waals surface area contributed by atoms with Crippen molar-refractivity contribution in [2.75, 3.05) is 5.48 Å². The highest BCUT2D eigenvalue weighted by Crippen LogP contribution is 2.27. The minimum atomic E-state index is 0.882. The summed E-state index contributed by atoms with van der Waals surface area (Å²) in [6, 6.07) is 6.06. The van der Waals surface area contributed by atoms with Crippen LogP contribution < -0.4 is 5.48 Å². The number of aryl methyl sites for hydroxylation is 1. The van der Waals surface area contributed by atoms with Gasteiger partial charge in [-0.15, -0.1) is 0 Å². The second-order valence-corrected chi connectivity index (χ2v) is 3.26. The Morgan fingerprint density at radius 2 is 2.00 bits per heavy atom. The quantitative estimate of drug-likeness (QED) is 0.623. The molecule has 2 nitrogen and oxygen atoms in total. The zero-order valence-electron chi connectivity index (χ0n) is 7.01. The lowest BCUT2D eigenvalue weighted by Gasteiger charge is -2.18. The van der Waals surface area contributed by atoms with Gasteiger partial charge in [0.2, 0.25) is 0 Å². The molecule has 1 aromatic rings. The van der Waals surface area contributed by atoms with Gasteiger partial charge in [0.15, 0.2) is 0 Å². The lowest BCUT2D eigenvalue weighted by Crippen LogP contribution is -2.05. The first-order valence-corrected chi connectivity index (χ1v) is 4.42. The Bertz CT molecular complexity index is 269. The number of hydrogen-bond donors (Lipinski definition) is 2. The Kier molecular flexibility index (Phi) is 2.00. The fourth-order valence-electron chi connectivity index (χ4n) is 1.89. The van der Waals surface area contributed by atoms with Crippen molar-refractivity contribution in [3.05, 3.63) is 29.3 Å². The molecule has 1 aliphatic rings. The highest BCUT2D eigenvalue weighted by atomic mass is 16.5. The van der Waals surface area contributed by atoms with Crippen LogP contribution in [0.15, 0.2) is 18.2 Å². The van der Waals surface area contributed by atoms with E-state index in [0.717, 1.165) is 18.5 Å². The van der Waals surface area contributed by atoms with E-state index in [1.807, 2.05) is 12.1 Å². The Morgan fingerprint density at radius 1 is 1.17 bits per heavy atom. The van der Waals surface area contributed by atoms with Gasteiger partial charge in [0, 0.05) is 0 Å². The average Bonchev–Trinajstić information content (AvgIpc) is 2.17. The van der Waals surface area contributed by atoms with E-state index in [0.29, 0.717) is 0 Å². The van der Waals surface area contributed by atoms with Gasteiger partial charge in [0.1, 0.15) is 0 Å². The summed E-state index contributed by atoms with van der Waals surface area (Å²) in [6.07, 6.45) is 4.78. The molecule has 0 unspecified atom stereocenters. The average molecular weight is 163 g/mol. The molecule has 0 fully saturated rings. The summed E-state index contributed by atoms with van der Waals surface area (Å²) in [7, 11) is 0. The van der Waals surface area contributed by atoms with Crippen molar-refractivity contribution in [2.24, 2.45) is 0 Å². The van der Waals surface area contributed by atoms with E-state index in [1.54, 1.807) is 0 Å². The van der Waals surface area contributed by atoms with Gasteiger partial charge in [0.25, 0.3) is 0 Å². The molecule has 0 spiro atoms. The molecule has 0 saturated heterocycles. The molecule has 0 aliphatic heterocycles. The lowest BCUT2D eigenvalue weighted by molar-refractivity contribution is 0.387. The zero-order valence-corrected chi connectivity index (χ0v) is 7.01. The Hall–Kier alpha value is -1.02. The third-order valence-corrected chi connectivity index (χ3v) is 2.52. The van der Waals surface area contributed by atoms with Gasteiger partial charge < -0.3 is 0 Å². The number of hydrogen-bond acceptors (Lipinski definition) is 2. The second kappa shape index (κ2) is 3.15. The molecule has 1 aromatic carbocycles. The second-order valence-electron chi connectivity index (χ2n) is 3.26. The van der Waals surface area contributed by atoms with Crippen LogP contribution in [0, 0.1) is 0 Å². The third-order valence-electron chi connectivity index (χ3n) is 2.52. The van der Waals surface area contributed by atoms with Gasteiger partial charge in [-0.2, -0.15) is 0 Å². The number of benzene rings is 1. The zero-order chi connectivity index (χ0) is 8.39. The minimum absolute atomic E-state index is 0.882. The molecule has 2 rings (SSSR count). The first-order chi connectivity index (χ1) is 5.92. The predicted molar refractivity (Wildman–Crippen MR) is 48.5 cm³/mol. The van der Waals surface area contributed by atoms with Crippen LogP contribution >= 0.6 is 0 Å². The van der Waals surface area contributed by atoms with Crippen LogP contribution in [0.1, 0.15) is 24.0 Å². The normalized spacial score (nSPS) is 15.4. The monoisotopic (exact) mass is 163 g/mol. The molecule has 0 atom stereocenters. The Morgan fingerprint density at radius 3 is 2.83 bits per heavy atom. The number of rotatable bonds is 1. The van der Waals surface area contributed by atoms with Gasteiger partial charge in [-0.05, 0) is 42.9 Å². The Balaban J connectivity index is 2.44. The molecule has 0 radical (unpaired) electrons. The molecular formula is C10H13NO. The molecule has 64 valence electrons. The van der Waals surface area contributed by atoms with Crippen molar-refractivity contribution < 1.29 is 5.21 Å². The van der Waals surface area contributed by atoms with Crippen LogP contribution in [0.4, 0.5) is 5.69 Å². The molecule has 2 N–H and O–H groups in total. The maximum Gasteiger partial charge on any atom is 0.0636 e. The molecule has 0 saturated carbocycles. The standard InChI is InChI=1S/C10H13NO/c12-11-10-7-3-5-8-4-1-2-6-9(8)10/h3,5,7,11-12H,1-2,4,6H2. The summed E-state index contributed by atoms with van der Waals surface area (Å²) in [6.45, 7) is 0. The molecule has 0 amide bonds. The van der Waals surface area contributed by atoms with Crippen LogP contribution in [0.25, 0.3) is 0 Å². The summed E-state index contributed by atoms with van der Waals surface area (Å²) in [5.41, 5.74) is 5.82. The SMILES string of the molecule is ONc1cccc2c1CCCC2. The van der Waals surface area contributed by atoms with E-state index in [-0.39, 0.29) is 0 Å². The minimum Gasteiger partial charge on any atom is -0.291 e. The number of anilines is 1. The van der Waals surface area contributed by atoms with E-state index in [9.17, 15) is 0 Å². The molecule has 0 aromatic heterocycles.